The van der Waals surface area contributed by atoms with Crippen LogP contribution >= 0.6 is 0 Å². The van der Waals surface area contributed by atoms with Crippen molar-refractivity contribution in [1.29, 1.82) is 0 Å². The molecule has 66 valence electrons. The Morgan fingerprint density at radius 1 is 1.58 bits per heavy atom. The van der Waals surface area contributed by atoms with Gasteiger partial charge in [-0.1, -0.05) is 6.42 Å². The molecule has 0 aliphatic carbocycles. The molecule has 1 aliphatic heterocycles. The minimum atomic E-state index is 0. The number of nitrogens with zero attached hydrogens (tertiary/aromatic N) is 1. The summed E-state index contributed by atoms with van der Waals surface area (Å²) in [5.74, 6) is 0.603. The second-order valence-corrected chi connectivity index (χ2v) is 3.40. The minimum absolute atomic E-state index is 0. The van der Waals surface area contributed by atoms with E-state index in [1.807, 2.05) is 0 Å². The van der Waals surface area contributed by atoms with Crippen LogP contribution in [0, 0.1) is 26.2 Å². The average molecular weight is 241 g/mol. The second kappa shape index (κ2) is 6.51. The maximum Gasteiger partial charge on any atom is 3.00 e. The third kappa shape index (κ3) is 3.43. The van der Waals surface area contributed by atoms with Gasteiger partial charge in [0.1, 0.15) is 0 Å². The summed E-state index contributed by atoms with van der Waals surface area (Å²) >= 11 is 0. The molecule has 0 aromatic heterocycles. The Morgan fingerprint density at radius 2 is 2.25 bits per heavy atom. The van der Waals surface area contributed by atoms with Crippen LogP contribution in [0.1, 0.15) is 19.3 Å². The minimum Gasteiger partial charge on any atom is -0.346 e. The van der Waals surface area contributed by atoms with E-state index < -0.39 is 0 Å². The molecule has 1 fully saturated rings. The van der Waals surface area contributed by atoms with E-state index in [4.69, 9.17) is 0 Å². The van der Waals surface area contributed by atoms with Crippen LogP contribution in [0.15, 0.2) is 0 Å². The van der Waals surface area contributed by atoms with Crippen LogP contribution in [0.5, 0.6) is 0 Å². The van der Waals surface area contributed by atoms with Crippen molar-refractivity contribution in [2.75, 3.05) is 13.6 Å². The van der Waals surface area contributed by atoms with Gasteiger partial charge in [0.05, 0.1) is 0 Å². The van der Waals surface area contributed by atoms with E-state index in [0.717, 1.165) is 12.8 Å². The molecule has 0 aromatic carbocycles. The maximum absolute atomic E-state index is 4.13. The molecule has 12 heavy (non-hydrogen) atoms. The number of unbranched alkanes of at least 4 members (excludes halogenated alkanes) is 1. The first kappa shape index (κ1) is 13.1. The summed E-state index contributed by atoms with van der Waals surface area (Å²) in [6.07, 6.45) is 5.74. The van der Waals surface area contributed by atoms with E-state index in [0.29, 0.717) is 12.0 Å². The fraction of sp³-hybridized carbons (Fsp3) is 0.700. The normalized spacial score (nSPS) is 30.2. The first-order chi connectivity index (χ1) is 5.25. The molecule has 0 N–H and O–H groups in total. The number of hydrogen-bond donors (Lipinski definition) is 0. The molecule has 2 atom stereocenters. The molecule has 1 rings (SSSR count). The van der Waals surface area contributed by atoms with Gasteiger partial charge in [-0.05, 0) is 13.6 Å². The fourth-order valence-corrected chi connectivity index (χ4v) is 1.71. The molecule has 0 radical (unpaired) electrons. The largest absolute Gasteiger partial charge is 3.00 e. The second-order valence-electron chi connectivity index (χ2n) is 3.40. The van der Waals surface area contributed by atoms with Crippen molar-refractivity contribution in [1.82, 2.24) is 4.90 Å². The zero-order valence-electron chi connectivity index (χ0n) is 8.00. The van der Waals surface area contributed by atoms with Crippen LogP contribution in [-0.4, -0.2) is 24.5 Å². The van der Waals surface area contributed by atoms with Gasteiger partial charge < -0.3 is 25.2 Å². The molecular formula is C10H18NY. The van der Waals surface area contributed by atoms with Crippen molar-refractivity contribution in [3.8, 4) is 0 Å². The Balaban J connectivity index is 0.00000121. The molecule has 1 heterocycles. The molecule has 0 bridgehead atoms. The van der Waals surface area contributed by atoms with Gasteiger partial charge in [0, 0.05) is 0 Å². The first-order valence-electron chi connectivity index (χ1n) is 4.41. The molecule has 2 unspecified atom stereocenters. The van der Waals surface area contributed by atoms with Crippen LogP contribution in [0.25, 0.3) is 0 Å². The van der Waals surface area contributed by atoms with Crippen LogP contribution in [0.4, 0.5) is 0 Å². The first-order valence-corrected chi connectivity index (χ1v) is 4.41. The third-order valence-electron chi connectivity index (χ3n) is 2.46. The van der Waals surface area contributed by atoms with Gasteiger partial charge in [0.2, 0.25) is 0 Å². The zero-order chi connectivity index (χ0) is 8.27. The molecular weight excluding hydrogens is 223 g/mol. The van der Waals surface area contributed by atoms with E-state index in [-0.39, 0.29) is 32.7 Å². The summed E-state index contributed by atoms with van der Waals surface area (Å²) in [6.45, 7) is 9.16. The SMILES string of the molecule is [CH2-]CC[CH-]C1C([CH2-])CCN1C.[Y+3]. The van der Waals surface area contributed by atoms with Gasteiger partial charge in [0.15, 0.2) is 0 Å². The Labute approximate surface area is 102 Å². The molecule has 1 nitrogen and oxygen atoms in total. The van der Waals surface area contributed by atoms with Crippen molar-refractivity contribution in [2.24, 2.45) is 5.92 Å². The Morgan fingerprint density at radius 3 is 2.67 bits per heavy atom. The van der Waals surface area contributed by atoms with E-state index in [1.54, 1.807) is 0 Å². The molecule has 0 amide bonds. The summed E-state index contributed by atoms with van der Waals surface area (Å²) in [5, 5.41) is 0. The quantitative estimate of drug-likeness (QED) is 0.683. The zero-order valence-corrected chi connectivity index (χ0v) is 10.8. The van der Waals surface area contributed by atoms with E-state index in [1.165, 1.54) is 13.0 Å². The number of hydrogen-bond acceptors (Lipinski definition) is 1. The van der Waals surface area contributed by atoms with Crippen LogP contribution in [0.2, 0.25) is 0 Å². The van der Waals surface area contributed by atoms with E-state index in [9.17, 15) is 0 Å². The number of likely N-dealkylation sites (tertiary alicyclic amines) is 1. The smallest absolute Gasteiger partial charge is 0.346 e. The van der Waals surface area contributed by atoms with Crippen LogP contribution < -0.4 is 0 Å². The van der Waals surface area contributed by atoms with Crippen LogP contribution in [-0.2, 0) is 32.7 Å². The topological polar surface area (TPSA) is 3.24 Å². The molecule has 0 saturated carbocycles. The standard InChI is InChI=1S/C10H18N.Y/c1-4-5-6-10-9(2)7-8-11(10)3;/h6,9-10H,1-2,4-5,7-8H2,3H3;/q-3;+3. The third-order valence-corrected chi connectivity index (χ3v) is 2.46. The summed E-state index contributed by atoms with van der Waals surface area (Å²) in [7, 11) is 2.18. The predicted molar refractivity (Wildman–Crippen MR) is 48.8 cm³/mol. The van der Waals surface area contributed by atoms with Crippen molar-refractivity contribution in [3.05, 3.63) is 20.3 Å². The Kier molecular flexibility index (Phi) is 7.08. The summed E-state index contributed by atoms with van der Waals surface area (Å²) in [6, 6.07) is 0.608. The molecule has 2 heteroatoms. The van der Waals surface area contributed by atoms with Gasteiger partial charge in [-0.15, -0.1) is 6.04 Å². The Bertz CT molecular complexity index is 106. The van der Waals surface area contributed by atoms with Crippen molar-refractivity contribution >= 4 is 0 Å². The van der Waals surface area contributed by atoms with Gasteiger partial charge >= 0.3 is 32.7 Å². The van der Waals surface area contributed by atoms with Gasteiger partial charge in [-0.25, -0.2) is 12.8 Å². The fourth-order valence-electron chi connectivity index (χ4n) is 1.71. The molecule has 0 aromatic rings. The van der Waals surface area contributed by atoms with Gasteiger partial charge in [0.25, 0.3) is 0 Å². The molecule has 1 aliphatic rings. The molecule has 1 saturated heterocycles. The summed E-state index contributed by atoms with van der Waals surface area (Å²) < 4.78 is 0. The van der Waals surface area contributed by atoms with Crippen molar-refractivity contribution in [3.63, 3.8) is 0 Å². The summed E-state index contributed by atoms with van der Waals surface area (Å²) in [5.41, 5.74) is 0. The average Bonchev–Trinajstić information content (AvgIpc) is 2.29. The van der Waals surface area contributed by atoms with E-state index in [2.05, 4.69) is 32.2 Å². The van der Waals surface area contributed by atoms with Gasteiger partial charge in [-0.2, -0.15) is 5.92 Å². The maximum atomic E-state index is 4.13. The van der Waals surface area contributed by atoms with Gasteiger partial charge in [-0.3, -0.25) is 0 Å². The van der Waals surface area contributed by atoms with E-state index >= 15 is 0 Å². The predicted octanol–water partition coefficient (Wildman–Crippen LogP) is 1.96. The van der Waals surface area contributed by atoms with Crippen LogP contribution in [0.3, 0.4) is 0 Å². The Hall–Kier alpha value is 1.06. The number of rotatable bonds is 3. The van der Waals surface area contributed by atoms with Crippen molar-refractivity contribution in [2.45, 2.75) is 25.3 Å². The van der Waals surface area contributed by atoms with Crippen molar-refractivity contribution < 1.29 is 32.7 Å². The monoisotopic (exact) mass is 241 g/mol. The summed E-state index contributed by atoms with van der Waals surface area (Å²) in [4.78, 5) is 2.38. The molecule has 0 spiro atoms.